The lowest BCUT2D eigenvalue weighted by atomic mass is 10.2. The quantitative estimate of drug-likeness (QED) is 0.875. The molecule has 6 nitrogen and oxygen atoms in total. The fourth-order valence-corrected chi connectivity index (χ4v) is 3.00. The predicted molar refractivity (Wildman–Crippen MR) is 86.0 cm³/mol. The number of carbonyl (C=O) groups is 1. The number of hydrogen-bond acceptors (Lipinski definition) is 4. The summed E-state index contributed by atoms with van der Waals surface area (Å²) in [6.07, 6.45) is -6.61. The number of nitrogens with zero attached hydrogens (tertiary/aromatic N) is 3. The summed E-state index contributed by atoms with van der Waals surface area (Å²) in [5.74, 6) is -0.472. The number of aliphatic hydroxyl groups excluding tert-OH is 1. The summed E-state index contributed by atoms with van der Waals surface area (Å²) in [5.41, 5.74) is -2.08. The van der Waals surface area contributed by atoms with Crippen LogP contribution in [-0.4, -0.2) is 51.0 Å². The highest BCUT2D eigenvalue weighted by Gasteiger charge is 2.44. The van der Waals surface area contributed by atoms with Gasteiger partial charge in [0, 0.05) is 7.05 Å². The smallest absolute Gasteiger partial charge is 0.421 e. The number of hydrogen-bond donors (Lipinski definition) is 1. The van der Waals surface area contributed by atoms with Crippen molar-refractivity contribution in [1.29, 1.82) is 0 Å². The highest BCUT2D eigenvalue weighted by molar-refractivity contribution is 6.31. The minimum absolute atomic E-state index is 0.0691. The van der Waals surface area contributed by atoms with Crippen molar-refractivity contribution in [2.75, 3.05) is 13.1 Å². The highest BCUT2D eigenvalue weighted by atomic mass is 35.5. The van der Waals surface area contributed by atoms with Crippen molar-refractivity contribution in [3.63, 3.8) is 0 Å². The predicted octanol–water partition coefficient (Wildman–Crippen LogP) is 2.36. The number of alkyl halides is 3. The minimum atomic E-state index is -4.82. The van der Waals surface area contributed by atoms with Crippen molar-refractivity contribution in [2.24, 2.45) is 7.05 Å². The van der Waals surface area contributed by atoms with Gasteiger partial charge in [-0.25, -0.2) is 0 Å². The lowest BCUT2D eigenvalue weighted by molar-refractivity contribution is -0.137. The second kappa shape index (κ2) is 6.81. The average Bonchev–Trinajstić information content (AvgIpc) is 3.08. The number of amides is 1. The Hall–Kier alpha value is -2.26. The van der Waals surface area contributed by atoms with Gasteiger partial charge in [-0.15, -0.1) is 0 Å². The Morgan fingerprint density at radius 2 is 1.96 bits per heavy atom. The average molecular weight is 390 g/mol. The number of rotatable bonds is 3. The van der Waals surface area contributed by atoms with Crippen LogP contribution < -0.4 is 4.74 Å². The Bertz CT molecular complexity index is 810. The fourth-order valence-electron chi connectivity index (χ4n) is 2.77. The second-order valence-electron chi connectivity index (χ2n) is 5.88. The van der Waals surface area contributed by atoms with Crippen LogP contribution in [0.15, 0.2) is 30.3 Å². The molecule has 1 N–H and O–H groups in total. The third-order valence-corrected chi connectivity index (χ3v) is 4.45. The Kier molecular flexibility index (Phi) is 4.85. The van der Waals surface area contributed by atoms with Gasteiger partial charge in [-0.3, -0.25) is 9.48 Å². The largest absolute Gasteiger partial charge is 0.486 e. The van der Waals surface area contributed by atoms with Crippen molar-refractivity contribution < 1.29 is 27.8 Å². The van der Waals surface area contributed by atoms with Gasteiger partial charge < -0.3 is 14.7 Å². The van der Waals surface area contributed by atoms with Crippen molar-refractivity contribution in [1.82, 2.24) is 14.7 Å². The number of β-amino-alcohol motifs (C(OH)–C–C–N with tert-alkyl or cyclic N) is 1. The SMILES string of the molecule is Cn1nc(C(=O)N2C[C@@H](O)[C@H](Oc3ccccc3)C2)c(C(F)(F)F)c1Cl. The number of ether oxygens (including phenoxy) is 1. The summed E-state index contributed by atoms with van der Waals surface area (Å²) in [5, 5.41) is 13.1. The molecule has 2 aromatic rings. The summed E-state index contributed by atoms with van der Waals surface area (Å²) in [6, 6.07) is 8.63. The molecule has 10 heteroatoms. The van der Waals surface area contributed by atoms with Crippen molar-refractivity contribution in [3.05, 3.63) is 46.7 Å². The normalized spacial score (nSPS) is 20.5. The molecule has 1 aromatic carbocycles. The van der Waals surface area contributed by atoms with E-state index in [4.69, 9.17) is 16.3 Å². The molecule has 1 aliphatic rings. The first kappa shape index (κ1) is 18.5. The number of halogens is 4. The first-order chi connectivity index (χ1) is 12.2. The van der Waals surface area contributed by atoms with Gasteiger partial charge in [-0.1, -0.05) is 29.8 Å². The Balaban J connectivity index is 1.81. The van der Waals surface area contributed by atoms with E-state index in [0.29, 0.717) is 5.75 Å². The van der Waals surface area contributed by atoms with E-state index >= 15 is 0 Å². The molecule has 0 aliphatic carbocycles. The van der Waals surface area contributed by atoms with Gasteiger partial charge in [0.15, 0.2) is 5.69 Å². The zero-order valence-corrected chi connectivity index (χ0v) is 14.3. The Morgan fingerprint density at radius 3 is 2.58 bits per heavy atom. The molecule has 1 aliphatic heterocycles. The number of aromatic nitrogens is 2. The van der Waals surface area contributed by atoms with Crippen LogP contribution in [0.4, 0.5) is 13.2 Å². The van der Waals surface area contributed by atoms with Crippen LogP contribution in [0.3, 0.4) is 0 Å². The molecule has 26 heavy (non-hydrogen) atoms. The number of aryl methyl sites for hydroxylation is 1. The molecule has 0 radical (unpaired) electrons. The fraction of sp³-hybridized carbons (Fsp3) is 0.375. The van der Waals surface area contributed by atoms with Crippen LogP contribution in [0.25, 0.3) is 0 Å². The number of aliphatic hydroxyl groups is 1. The van der Waals surface area contributed by atoms with Crippen LogP contribution in [0.5, 0.6) is 5.75 Å². The molecule has 0 bridgehead atoms. The van der Waals surface area contributed by atoms with Crippen LogP contribution >= 0.6 is 11.6 Å². The first-order valence-electron chi connectivity index (χ1n) is 7.67. The zero-order valence-electron chi connectivity index (χ0n) is 13.6. The molecule has 0 saturated carbocycles. The number of para-hydroxylation sites is 1. The number of likely N-dealkylation sites (tertiary alicyclic amines) is 1. The molecule has 3 rings (SSSR count). The third-order valence-electron chi connectivity index (χ3n) is 4.02. The van der Waals surface area contributed by atoms with Gasteiger partial charge in [-0.2, -0.15) is 18.3 Å². The van der Waals surface area contributed by atoms with E-state index in [1.807, 2.05) is 0 Å². The van der Waals surface area contributed by atoms with Crippen molar-refractivity contribution >= 4 is 17.5 Å². The van der Waals surface area contributed by atoms with Crippen LogP contribution in [-0.2, 0) is 13.2 Å². The zero-order chi connectivity index (χ0) is 19.1. The molecular formula is C16H15ClF3N3O3. The molecule has 1 saturated heterocycles. The Morgan fingerprint density at radius 1 is 1.31 bits per heavy atom. The van der Waals surface area contributed by atoms with Gasteiger partial charge in [-0.05, 0) is 12.1 Å². The maximum atomic E-state index is 13.2. The third kappa shape index (κ3) is 3.49. The van der Waals surface area contributed by atoms with E-state index in [1.54, 1.807) is 30.3 Å². The lowest BCUT2D eigenvalue weighted by Gasteiger charge is -2.17. The van der Waals surface area contributed by atoms with E-state index in [0.717, 1.165) is 9.58 Å². The molecule has 0 spiro atoms. The van der Waals surface area contributed by atoms with E-state index in [-0.39, 0.29) is 13.1 Å². The van der Waals surface area contributed by atoms with Gasteiger partial charge in [0.05, 0.1) is 13.1 Å². The summed E-state index contributed by atoms with van der Waals surface area (Å²) in [7, 11) is 1.22. The van der Waals surface area contributed by atoms with Crippen LogP contribution in [0, 0.1) is 0 Å². The second-order valence-corrected chi connectivity index (χ2v) is 6.24. The van der Waals surface area contributed by atoms with Crippen molar-refractivity contribution in [3.8, 4) is 5.75 Å². The molecule has 2 atom stereocenters. The van der Waals surface area contributed by atoms with E-state index in [2.05, 4.69) is 5.10 Å². The van der Waals surface area contributed by atoms with Crippen LogP contribution in [0.1, 0.15) is 16.1 Å². The monoisotopic (exact) mass is 389 g/mol. The van der Waals surface area contributed by atoms with Gasteiger partial charge in [0.2, 0.25) is 0 Å². The highest BCUT2D eigenvalue weighted by Crippen LogP contribution is 2.37. The molecule has 1 amide bonds. The minimum Gasteiger partial charge on any atom is -0.486 e. The first-order valence-corrected chi connectivity index (χ1v) is 8.05. The standard InChI is InChI=1S/C16H15ClF3N3O3/c1-22-14(17)12(16(18,19)20)13(21-22)15(25)23-7-10(24)11(8-23)26-9-5-3-2-4-6-9/h2-6,10-11,24H,7-8H2,1H3/t10-,11-/m1/s1. The topological polar surface area (TPSA) is 67.6 Å². The molecule has 1 fully saturated rings. The van der Waals surface area contributed by atoms with E-state index < -0.39 is 40.7 Å². The molecule has 140 valence electrons. The summed E-state index contributed by atoms with van der Waals surface area (Å²) in [6.45, 7) is -0.234. The van der Waals surface area contributed by atoms with E-state index in [1.165, 1.54) is 7.05 Å². The summed E-state index contributed by atoms with van der Waals surface area (Å²) >= 11 is 5.65. The number of benzene rings is 1. The molecule has 1 aromatic heterocycles. The van der Waals surface area contributed by atoms with Crippen molar-refractivity contribution in [2.45, 2.75) is 18.4 Å². The summed E-state index contributed by atoms with van der Waals surface area (Å²) < 4.78 is 46.1. The van der Waals surface area contributed by atoms with Gasteiger partial charge >= 0.3 is 6.18 Å². The maximum Gasteiger partial charge on any atom is 0.421 e. The maximum absolute atomic E-state index is 13.2. The van der Waals surface area contributed by atoms with E-state index in [9.17, 15) is 23.1 Å². The van der Waals surface area contributed by atoms with Gasteiger partial charge in [0.25, 0.3) is 5.91 Å². The van der Waals surface area contributed by atoms with Crippen LogP contribution in [0.2, 0.25) is 5.15 Å². The molecule has 2 heterocycles. The molecule has 0 unspecified atom stereocenters. The summed E-state index contributed by atoms with van der Waals surface area (Å²) in [4.78, 5) is 13.6. The Labute approximate surface area is 151 Å². The van der Waals surface area contributed by atoms with Gasteiger partial charge in [0.1, 0.15) is 28.7 Å². The lowest BCUT2D eigenvalue weighted by Crippen LogP contribution is -2.32. The number of carbonyl (C=O) groups excluding carboxylic acids is 1. The molecular weight excluding hydrogens is 375 g/mol.